The van der Waals surface area contributed by atoms with Crippen molar-refractivity contribution in [1.82, 2.24) is 5.01 Å². The Balaban J connectivity index is 3.09. The molecule has 11 heavy (non-hydrogen) atoms. The van der Waals surface area contributed by atoms with E-state index in [1.165, 1.54) is 6.42 Å². The summed E-state index contributed by atoms with van der Waals surface area (Å²) in [5, 5.41) is 1.77. The molecule has 2 heteroatoms. The number of hydrogen-bond acceptors (Lipinski definition) is 2. The fourth-order valence-corrected chi connectivity index (χ4v) is 0.861. The molecule has 0 saturated heterocycles. The normalized spacial score (nSPS) is 10.0. The summed E-state index contributed by atoms with van der Waals surface area (Å²) >= 11 is 0. The van der Waals surface area contributed by atoms with E-state index >= 15 is 0 Å². The molecule has 64 valence electrons. The Hall–Kier alpha value is -0.600. The lowest BCUT2D eigenvalue weighted by atomic mass is 10.2. The second-order valence-electron chi connectivity index (χ2n) is 2.57. The fourth-order valence-electron chi connectivity index (χ4n) is 0.861. The van der Waals surface area contributed by atoms with E-state index in [9.17, 15) is 0 Å². The summed E-state index contributed by atoms with van der Waals surface area (Å²) in [4.78, 5) is 0. The van der Waals surface area contributed by atoms with E-state index in [0.29, 0.717) is 0 Å². The zero-order chi connectivity index (χ0) is 8.53. The minimum absolute atomic E-state index is 0.772. The van der Waals surface area contributed by atoms with Crippen molar-refractivity contribution in [3.63, 3.8) is 0 Å². The van der Waals surface area contributed by atoms with Crippen LogP contribution in [0.25, 0.3) is 0 Å². The predicted octanol–water partition coefficient (Wildman–Crippen LogP) is 1.70. The number of rotatable bonds is 7. The van der Waals surface area contributed by atoms with Crippen LogP contribution in [0.2, 0.25) is 0 Å². The summed E-state index contributed by atoms with van der Waals surface area (Å²) in [6, 6.07) is 0. The van der Waals surface area contributed by atoms with E-state index in [1.54, 1.807) is 5.01 Å². The monoisotopic (exact) mass is 154 g/mol. The largest absolute Gasteiger partial charge is 0.269 e. The third-order valence-electron chi connectivity index (χ3n) is 1.47. The van der Waals surface area contributed by atoms with Crippen LogP contribution in [0.5, 0.6) is 0 Å². The molecule has 0 unspecified atom stereocenters. The standard InChI is InChI=1S/C9H18N2/c1-3-5-6-7-9-11(10)8-4-2/h3-4H,1-2,5-10H2. The SMILES string of the molecule is C=CCCCCN(N)CC=C. The van der Waals surface area contributed by atoms with Crippen molar-refractivity contribution >= 4 is 0 Å². The number of nitrogens with zero attached hydrogens (tertiary/aromatic N) is 1. The van der Waals surface area contributed by atoms with Gasteiger partial charge in [-0.1, -0.05) is 12.2 Å². The molecular weight excluding hydrogens is 136 g/mol. The lowest BCUT2D eigenvalue weighted by molar-refractivity contribution is 0.307. The van der Waals surface area contributed by atoms with Gasteiger partial charge < -0.3 is 0 Å². The second-order valence-corrected chi connectivity index (χ2v) is 2.57. The van der Waals surface area contributed by atoms with Gasteiger partial charge in [0.25, 0.3) is 0 Å². The average molecular weight is 154 g/mol. The number of hydrogen-bond donors (Lipinski definition) is 1. The molecule has 0 spiro atoms. The van der Waals surface area contributed by atoms with Gasteiger partial charge in [0.15, 0.2) is 0 Å². The Kier molecular flexibility index (Phi) is 7.10. The lowest BCUT2D eigenvalue weighted by Crippen LogP contribution is -2.31. The lowest BCUT2D eigenvalue weighted by Gasteiger charge is -2.12. The summed E-state index contributed by atoms with van der Waals surface area (Å²) in [6.45, 7) is 8.98. The molecule has 0 fully saturated rings. The van der Waals surface area contributed by atoms with Crippen molar-refractivity contribution < 1.29 is 0 Å². The van der Waals surface area contributed by atoms with E-state index in [0.717, 1.165) is 25.9 Å². The molecule has 0 heterocycles. The third-order valence-corrected chi connectivity index (χ3v) is 1.47. The molecule has 0 amide bonds. The Morgan fingerprint density at radius 3 is 2.45 bits per heavy atom. The van der Waals surface area contributed by atoms with Crippen LogP contribution in [0.1, 0.15) is 19.3 Å². The van der Waals surface area contributed by atoms with Crippen molar-refractivity contribution in [2.24, 2.45) is 5.84 Å². The van der Waals surface area contributed by atoms with Crippen LogP contribution in [0, 0.1) is 0 Å². The smallest absolute Gasteiger partial charge is 0.0306 e. The highest BCUT2D eigenvalue weighted by Gasteiger charge is 1.93. The molecule has 0 aliphatic rings. The van der Waals surface area contributed by atoms with Crippen molar-refractivity contribution in [2.75, 3.05) is 13.1 Å². The maximum Gasteiger partial charge on any atom is 0.0306 e. The Labute approximate surface area is 69.3 Å². The zero-order valence-corrected chi connectivity index (χ0v) is 7.13. The molecule has 0 aromatic rings. The van der Waals surface area contributed by atoms with Crippen LogP contribution in [0.3, 0.4) is 0 Å². The molecule has 0 atom stereocenters. The summed E-state index contributed by atoms with van der Waals surface area (Å²) in [6.07, 6.45) is 7.15. The Morgan fingerprint density at radius 2 is 1.91 bits per heavy atom. The van der Waals surface area contributed by atoms with Gasteiger partial charge in [-0.05, 0) is 19.3 Å². The van der Waals surface area contributed by atoms with E-state index in [-0.39, 0.29) is 0 Å². The average Bonchev–Trinajstić information content (AvgIpc) is 1.99. The molecule has 0 saturated carbocycles. The highest BCUT2D eigenvalue weighted by Crippen LogP contribution is 1.96. The maximum absolute atomic E-state index is 5.60. The van der Waals surface area contributed by atoms with Gasteiger partial charge in [-0.3, -0.25) is 5.84 Å². The van der Waals surface area contributed by atoms with Crippen molar-refractivity contribution in [1.29, 1.82) is 0 Å². The van der Waals surface area contributed by atoms with E-state index in [1.807, 2.05) is 12.2 Å². The number of allylic oxidation sites excluding steroid dienone is 1. The minimum atomic E-state index is 0.772. The molecule has 0 aromatic carbocycles. The summed E-state index contributed by atoms with van der Waals surface area (Å²) in [7, 11) is 0. The molecular formula is C9H18N2. The van der Waals surface area contributed by atoms with Gasteiger partial charge in [-0.15, -0.1) is 13.2 Å². The first kappa shape index (κ1) is 10.4. The summed E-state index contributed by atoms with van der Waals surface area (Å²) in [5.41, 5.74) is 0. The number of unbranched alkanes of at least 4 members (excludes halogenated alkanes) is 2. The first-order chi connectivity index (χ1) is 5.31. The van der Waals surface area contributed by atoms with Gasteiger partial charge in [0.2, 0.25) is 0 Å². The zero-order valence-electron chi connectivity index (χ0n) is 7.13. The van der Waals surface area contributed by atoms with Crippen LogP contribution in [-0.4, -0.2) is 18.1 Å². The van der Waals surface area contributed by atoms with Crippen LogP contribution in [0.4, 0.5) is 0 Å². The molecule has 0 aliphatic carbocycles. The molecule has 2 N–H and O–H groups in total. The topological polar surface area (TPSA) is 29.3 Å². The van der Waals surface area contributed by atoms with Crippen LogP contribution >= 0.6 is 0 Å². The first-order valence-electron chi connectivity index (χ1n) is 4.02. The van der Waals surface area contributed by atoms with Crippen molar-refractivity contribution in [3.8, 4) is 0 Å². The van der Waals surface area contributed by atoms with Gasteiger partial charge in [0.1, 0.15) is 0 Å². The summed E-state index contributed by atoms with van der Waals surface area (Å²) < 4.78 is 0. The first-order valence-corrected chi connectivity index (χ1v) is 4.02. The quantitative estimate of drug-likeness (QED) is 0.262. The Bertz CT molecular complexity index is 110. The van der Waals surface area contributed by atoms with E-state index in [2.05, 4.69) is 13.2 Å². The van der Waals surface area contributed by atoms with E-state index in [4.69, 9.17) is 5.84 Å². The van der Waals surface area contributed by atoms with Crippen LogP contribution < -0.4 is 5.84 Å². The second kappa shape index (κ2) is 7.51. The van der Waals surface area contributed by atoms with Gasteiger partial charge in [0.05, 0.1) is 0 Å². The predicted molar refractivity (Wildman–Crippen MR) is 50.0 cm³/mol. The molecule has 0 aromatic heterocycles. The molecule has 0 aliphatic heterocycles. The van der Waals surface area contributed by atoms with Crippen molar-refractivity contribution in [3.05, 3.63) is 25.3 Å². The highest BCUT2D eigenvalue weighted by atomic mass is 15.4. The minimum Gasteiger partial charge on any atom is -0.269 e. The molecule has 0 radical (unpaired) electrons. The Morgan fingerprint density at radius 1 is 1.18 bits per heavy atom. The van der Waals surface area contributed by atoms with Crippen molar-refractivity contribution in [2.45, 2.75) is 19.3 Å². The molecule has 2 nitrogen and oxygen atoms in total. The van der Waals surface area contributed by atoms with Gasteiger partial charge in [0, 0.05) is 13.1 Å². The van der Waals surface area contributed by atoms with E-state index < -0.39 is 0 Å². The molecule has 0 rings (SSSR count). The van der Waals surface area contributed by atoms with Crippen LogP contribution in [-0.2, 0) is 0 Å². The van der Waals surface area contributed by atoms with Gasteiger partial charge >= 0.3 is 0 Å². The fraction of sp³-hybridized carbons (Fsp3) is 0.556. The van der Waals surface area contributed by atoms with Crippen LogP contribution in [0.15, 0.2) is 25.3 Å². The third kappa shape index (κ3) is 7.30. The van der Waals surface area contributed by atoms with Gasteiger partial charge in [-0.2, -0.15) is 0 Å². The highest BCUT2D eigenvalue weighted by molar-refractivity contribution is 4.70. The van der Waals surface area contributed by atoms with Gasteiger partial charge in [-0.25, -0.2) is 5.01 Å². The maximum atomic E-state index is 5.60. The molecule has 0 bridgehead atoms. The summed E-state index contributed by atoms with van der Waals surface area (Å²) in [5.74, 6) is 5.60. The number of hydrazine groups is 1. The number of nitrogens with two attached hydrogens (primary N) is 1.